The molecule has 1 atom stereocenters. The largest absolute Gasteiger partial charge is 0.323 e. The summed E-state index contributed by atoms with van der Waals surface area (Å²) < 4.78 is 3.46. The first-order chi connectivity index (χ1) is 13.7. The van der Waals surface area contributed by atoms with E-state index in [1.165, 1.54) is 0 Å². The molecule has 0 saturated carbocycles. The van der Waals surface area contributed by atoms with Gasteiger partial charge in [-0.05, 0) is 41.1 Å². The summed E-state index contributed by atoms with van der Waals surface area (Å²) in [5.74, 6) is 0.564. The van der Waals surface area contributed by atoms with Gasteiger partial charge in [0.25, 0.3) is 0 Å². The number of anilines is 1. The number of nitrogens with one attached hydrogen (secondary N) is 1. The predicted octanol–water partition coefficient (Wildman–Crippen LogP) is 3.88. The van der Waals surface area contributed by atoms with Crippen molar-refractivity contribution in [2.75, 3.05) is 5.32 Å². The molecule has 3 heterocycles. The second-order valence-corrected chi connectivity index (χ2v) is 6.86. The topological polar surface area (TPSA) is 73.5 Å². The van der Waals surface area contributed by atoms with E-state index in [1.807, 2.05) is 67.6 Å². The molecule has 8 heteroatoms. The average Bonchev–Trinajstić information content (AvgIpc) is 3.33. The molecule has 0 radical (unpaired) electrons. The van der Waals surface area contributed by atoms with Crippen molar-refractivity contribution in [2.24, 2.45) is 0 Å². The summed E-state index contributed by atoms with van der Waals surface area (Å²) >= 11 is 6.79. The van der Waals surface area contributed by atoms with Crippen molar-refractivity contribution in [3.05, 3.63) is 88.7 Å². The molecular weight excluding hydrogens is 374 g/mol. The highest BCUT2D eigenvalue weighted by atomic mass is 35.5. The third-order valence-corrected chi connectivity index (χ3v) is 5.12. The van der Waals surface area contributed by atoms with Crippen molar-refractivity contribution in [3.63, 3.8) is 0 Å². The van der Waals surface area contributed by atoms with E-state index in [2.05, 4.69) is 32.0 Å². The van der Waals surface area contributed by atoms with E-state index in [4.69, 9.17) is 11.6 Å². The molecule has 0 spiro atoms. The number of fused-ring (bicyclic) bond motifs is 1. The number of hydrogen-bond donors (Lipinski definition) is 1. The number of allylic oxidation sites excluding steroid dienone is 1. The number of benzene rings is 2. The lowest BCUT2D eigenvalue weighted by atomic mass is 10.0. The van der Waals surface area contributed by atoms with Crippen molar-refractivity contribution >= 4 is 23.2 Å². The van der Waals surface area contributed by atoms with Crippen LogP contribution in [0.5, 0.6) is 0 Å². The molecule has 7 nitrogen and oxygen atoms in total. The van der Waals surface area contributed by atoms with Crippen LogP contribution >= 0.6 is 11.6 Å². The minimum absolute atomic E-state index is 0.272. The molecule has 1 N–H and O–H groups in total. The van der Waals surface area contributed by atoms with Crippen molar-refractivity contribution < 1.29 is 0 Å². The van der Waals surface area contributed by atoms with Crippen LogP contribution in [0, 0.1) is 6.92 Å². The monoisotopic (exact) mass is 389 g/mol. The lowest BCUT2D eigenvalue weighted by molar-refractivity contribution is 0.584. The van der Waals surface area contributed by atoms with E-state index in [0.29, 0.717) is 11.1 Å². The van der Waals surface area contributed by atoms with Gasteiger partial charge in [-0.2, -0.15) is 9.78 Å². The maximum Gasteiger partial charge on any atom is 0.248 e. The molecule has 5 rings (SSSR count). The zero-order valence-corrected chi connectivity index (χ0v) is 15.7. The Hall–Kier alpha value is -3.45. The van der Waals surface area contributed by atoms with Crippen LogP contribution in [0.2, 0.25) is 5.15 Å². The van der Waals surface area contributed by atoms with Crippen LogP contribution in [0.4, 0.5) is 5.95 Å². The molecule has 0 aliphatic carbocycles. The summed E-state index contributed by atoms with van der Waals surface area (Å²) in [6, 6.07) is 19.6. The van der Waals surface area contributed by atoms with Gasteiger partial charge in [0.1, 0.15) is 11.2 Å². The van der Waals surface area contributed by atoms with Crippen LogP contribution in [-0.4, -0.2) is 30.0 Å². The first-order valence-corrected chi connectivity index (χ1v) is 9.23. The van der Waals surface area contributed by atoms with Crippen LogP contribution in [0.25, 0.3) is 11.4 Å². The maximum atomic E-state index is 6.79. The lowest BCUT2D eigenvalue weighted by Crippen LogP contribution is -2.20. The van der Waals surface area contributed by atoms with Crippen molar-refractivity contribution in [1.82, 2.24) is 30.0 Å². The third kappa shape index (κ3) is 2.68. The summed E-state index contributed by atoms with van der Waals surface area (Å²) in [7, 11) is 0. The van der Waals surface area contributed by atoms with E-state index in [9.17, 15) is 0 Å². The maximum absolute atomic E-state index is 6.79. The second-order valence-electron chi connectivity index (χ2n) is 6.50. The summed E-state index contributed by atoms with van der Waals surface area (Å²) in [6.07, 6.45) is 2.07. The fraction of sp³-hybridized carbons (Fsp3) is 0.100. The number of nitrogens with zero attached hydrogens (tertiary/aromatic N) is 6. The highest BCUT2D eigenvalue weighted by Crippen LogP contribution is 2.37. The molecule has 28 heavy (non-hydrogen) atoms. The Bertz CT molecular complexity index is 1160. The molecule has 0 bridgehead atoms. The van der Waals surface area contributed by atoms with Gasteiger partial charge in [0.15, 0.2) is 0 Å². The number of aryl methyl sites for hydroxylation is 1. The Balaban J connectivity index is 1.66. The standard InChI is InChI=1S/C20H16ClN7/c1-13-18(19(21)27(24-13)15-10-6-3-7-11-15)17-12-16(14-8-4-2-5-9-14)22-20-23-25-26-28(17)20/h2-12,17H,1H3,(H,22,23,26). The van der Waals surface area contributed by atoms with Gasteiger partial charge in [0.2, 0.25) is 5.95 Å². The van der Waals surface area contributed by atoms with Crippen molar-refractivity contribution in [3.8, 4) is 5.69 Å². The van der Waals surface area contributed by atoms with Crippen LogP contribution in [-0.2, 0) is 0 Å². The zero-order valence-electron chi connectivity index (χ0n) is 15.0. The normalized spacial score (nSPS) is 15.6. The second kappa shape index (κ2) is 6.61. The molecule has 2 aromatic carbocycles. The van der Waals surface area contributed by atoms with Crippen LogP contribution < -0.4 is 5.32 Å². The van der Waals surface area contributed by atoms with Gasteiger partial charge in [-0.15, -0.1) is 0 Å². The third-order valence-electron chi connectivity index (χ3n) is 4.76. The molecule has 0 saturated heterocycles. The average molecular weight is 390 g/mol. The van der Waals surface area contributed by atoms with E-state index in [-0.39, 0.29) is 6.04 Å². The molecular formula is C20H16ClN7. The first-order valence-electron chi connectivity index (χ1n) is 8.85. The Kier molecular flexibility index (Phi) is 3.95. The Morgan fingerprint density at radius 2 is 1.71 bits per heavy atom. The predicted molar refractivity (Wildman–Crippen MR) is 107 cm³/mol. The van der Waals surface area contributed by atoms with Crippen LogP contribution in [0.1, 0.15) is 22.9 Å². The minimum atomic E-state index is -0.272. The SMILES string of the molecule is Cc1nn(-c2ccccc2)c(Cl)c1C1C=C(c2ccccc2)Nc2nnnn21. The van der Waals surface area contributed by atoms with Gasteiger partial charge in [0.05, 0.1) is 11.4 Å². The van der Waals surface area contributed by atoms with E-state index in [1.54, 1.807) is 9.36 Å². The fourth-order valence-electron chi connectivity index (χ4n) is 3.43. The van der Waals surface area contributed by atoms with E-state index < -0.39 is 0 Å². The summed E-state index contributed by atoms with van der Waals surface area (Å²) in [6.45, 7) is 1.95. The highest BCUT2D eigenvalue weighted by Gasteiger charge is 2.30. The first kappa shape index (κ1) is 16.7. The Morgan fingerprint density at radius 3 is 2.46 bits per heavy atom. The Labute approximate surface area is 166 Å². The summed E-state index contributed by atoms with van der Waals surface area (Å²) in [5, 5.41) is 20.6. The number of rotatable bonds is 3. The van der Waals surface area contributed by atoms with Gasteiger partial charge >= 0.3 is 0 Å². The van der Waals surface area contributed by atoms with Gasteiger partial charge in [-0.25, -0.2) is 4.68 Å². The number of halogens is 1. The number of hydrogen-bond acceptors (Lipinski definition) is 5. The quantitative estimate of drug-likeness (QED) is 0.575. The smallest absolute Gasteiger partial charge is 0.248 e. The Morgan fingerprint density at radius 1 is 1.00 bits per heavy atom. The number of aromatic nitrogens is 6. The fourth-order valence-corrected chi connectivity index (χ4v) is 3.82. The number of tetrazole rings is 1. The van der Waals surface area contributed by atoms with Gasteiger partial charge in [0, 0.05) is 11.3 Å². The molecule has 0 fully saturated rings. The van der Waals surface area contributed by atoms with Gasteiger partial charge in [-0.1, -0.05) is 65.2 Å². The van der Waals surface area contributed by atoms with Crippen LogP contribution in [0.3, 0.4) is 0 Å². The summed E-state index contributed by atoms with van der Waals surface area (Å²) in [4.78, 5) is 0. The highest BCUT2D eigenvalue weighted by molar-refractivity contribution is 6.30. The molecule has 4 aromatic rings. The summed E-state index contributed by atoms with van der Waals surface area (Å²) in [5.41, 5.74) is 4.57. The molecule has 138 valence electrons. The molecule has 2 aromatic heterocycles. The number of para-hydroxylation sites is 1. The van der Waals surface area contributed by atoms with Gasteiger partial charge in [-0.3, -0.25) is 0 Å². The molecule has 1 unspecified atom stereocenters. The minimum Gasteiger partial charge on any atom is -0.323 e. The molecule has 1 aliphatic heterocycles. The molecule has 1 aliphatic rings. The van der Waals surface area contributed by atoms with Crippen molar-refractivity contribution in [1.29, 1.82) is 0 Å². The van der Waals surface area contributed by atoms with Gasteiger partial charge < -0.3 is 5.32 Å². The molecule has 0 amide bonds. The van der Waals surface area contributed by atoms with Crippen molar-refractivity contribution in [2.45, 2.75) is 13.0 Å². The lowest BCUT2D eigenvalue weighted by Gasteiger charge is -2.23. The van der Waals surface area contributed by atoms with Crippen LogP contribution in [0.15, 0.2) is 66.7 Å². The van der Waals surface area contributed by atoms with E-state index in [0.717, 1.165) is 28.2 Å². The zero-order chi connectivity index (χ0) is 19.1. The van der Waals surface area contributed by atoms with E-state index >= 15 is 0 Å².